The molecule has 0 radical (unpaired) electrons. The number of hydrogen-bond acceptors (Lipinski definition) is 1. The van der Waals surface area contributed by atoms with Crippen LogP contribution in [0.3, 0.4) is 0 Å². The molecule has 1 nitrogen and oxygen atoms in total. The van der Waals surface area contributed by atoms with Gasteiger partial charge in [0.05, 0.1) is 5.76 Å². The Hall–Kier alpha value is -0.243. The van der Waals surface area contributed by atoms with Crippen LogP contribution in [-0.2, 0) is 4.43 Å². The zero-order chi connectivity index (χ0) is 12.6. The van der Waals surface area contributed by atoms with Gasteiger partial charge in [-0.15, -0.1) is 0 Å². The molecule has 1 aliphatic carbocycles. The van der Waals surface area contributed by atoms with Crippen LogP contribution in [0.5, 0.6) is 0 Å². The van der Waals surface area contributed by atoms with Crippen molar-refractivity contribution in [1.29, 1.82) is 0 Å². The van der Waals surface area contributed by atoms with E-state index in [1.807, 2.05) is 0 Å². The third-order valence-electron chi connectivity index (χ3n) is 3.71. The van der Waals surface area contributed by atoms with Gasteiger partial charge in [-0.05, 0) is 43.5 Å². The highest BCUT2D eigenvalue weighted by Crippen LogP contribution is 2.32. The van der Waals surface area contributed by atoms with Crippen molar-refractivity contribution in [2.24, 2.45) is 0 Å². The second kappa shape index (κ2) is 7.96. The summed E-state index contributed by atoms with van der Waals surface area (Å²) >= 11 is 0. The van der Waals surface area contributed by atoms with Crippen molar-refractivity contribution in [3.63, 3.8) is 0 Å². The van der Waals surface area contributed by atoms with E-state index in [1.165, 1.54) is 68.8 Å². The summed E-state index contributed by atoms with van der Waals surface area (Å²) < 4.78 is 6.60. The molecule has 0 aromatic heterocycles. The molecule has 0 aliphatic heterocycles. The maximum absolute atomic E-state index is 6.60. The maximum Gasteiger partial charge on any atom is 0.250 e. The summed E-state index contributed by atoms with van der Waals surface area (Å²) in [5, 5.41) is 0. The van der Waals surface area contributed by atoms with Crippen molar-refractivity contribution >= 4 is 8.32 Å². The second-order valence-electron chi connectivity index (χ2n) is 5.45. The maximum atomic E-state index is 6.60. The summed E-state index contributed by atoms with van der Waals surface area (Å²) in [5.41, 5.74) is 0. The van der Waals surface area contributed by atoms with Crippen LogP contribution in [-0.4, -0.2) is 8.32 Å². The number of allylic oxidation sites excluding steroid dienone is 2. The van der Waals surface area contributed by atoms with Gasteiger partial charge < -0.3 is 4.43 Å². The van der Waals surface area contributed by atoms with Gasteiger partial charge in [-0.1, -0.05) is 40.0 Å². The Labute approximate surface area is 109 Å². The Morgan fingerprint density at radius 3 is 2.00 bits per heavy atom. The molecule has 1 aliphatic rings. The molecule has 0 unspecified atom stereocenters. The van der Waals surface area contributed by atoms with Gasteiger partial charge in [0.15, 0.2) is 0 Å². The minimum absolute atomic E-state index is 1.20. The molecule has 0 N–H and O–H groups in total. The SMILES string of the molecule is CCC[Si](CCC)(CCC)OC1=CCCCC1. The van der Waals surface area contributed by atoms with E-state index in [9.17, 15) is 0 Å². The van der Waals surface area contributed by atoms with E-state index in [1.54, 1.807) is 0 Å². The van der Waals surface area contributed by atoms with E-state index in [0.717, 1.165) is 0 Å². The molecule has 0 bridgehead atoms. The number of hydrogen-bond donors (Lipinski definition) is 0. The molecule has 0 aromatic rings. The predicted molar refractivity (Wildman–Crippen MR) is 78.7 cm³/mol. The van der Waals surface area contributed by atoms with Gasteiger partial charge in [0.25, 0.3) is 8.32 Å². The molecule has 0 saturated carbocycles. The van der Waals surface area contributed by atoms with Crippen molar-refractivity contribution in [3.8, 4) is 0 Å². The molecule has 0 heterocycles. The molecule has 0 saturated heterocycles. The van der Waals surface area contributed by atoms with Crippen molar-refractivity contribution in [1.82, 2.24) is 0 Å². The van der Waals surface area contributed by atoms with Gasteiger partial charge in [-0.25, -0.2) is 0 Å². The molecular formula is C15H30OSi. The topological polar surface area (TPSA) is 9.23 Å². The Kier molecular flexibility index (Phi) is 6.94. The summed E-state index contributed by atoms with van der Waals surface area (Å²) in [5.74, 6) is 1.35. The first-order valence-corrected chi connectivity index (χ1v) is 10.2. The lowest BCUT2D eigenvalue weighted by Crippen LogP contribution is -2.37. The van der Waals surface area contributed by atoms with Crippen LogP contribution in [0, 0.1) is 0 Å². The Bertz CT molecular complexity index is 218. The Morgan fingerprint density at radius 1 is 1.00 bits per heavy atom. The van der Waals surface area contributed by atoms with Crippen LogP contribution >= 0.6 is 0 Å². The summed E-state index contributed by atoms with van der Waals surface area (Å²) in [4.78, 5) is 0. The average molecular weight is 254 g/mol. The first-order chi connectivity index (χ1) is 8.26. The molecular weight excluding hydrogens is 224 g/mol. The normalized spacial score (nSPS) is 16.8. The van der Waals surface area contributed by atoms with Crippen molar-refractivity contribution in [3.05, 3.63) is 11.8 Å². The monoisotopic (exact) mass is 254 g/mol. The first-order valence-electron chi connectivity index (χ1n) is 7.64. The molecule has 0 aromatic carbocycles. The van der Waals surface area contributed by atoms with E-state index in [-0.39, 0.29) is 0 Å². The van der Waals surface area contributed by atoms with Gasteiger partial charge in [0.2, 0.25) is 0 Å². The van der Waals surface area contributed by atoms with E-state index in [0.29, 0.717) is 0 Å². The second-order valence-corrected chi connectivity index (χ2v) is 9.52. The highest BCUT2D eigenvalue weighted by molar-refractivity contribution is 6.74. The summed E-state index contributed by atoms with van der Waals surface area (Å²) in [6, 6.07) is 4.06. The average Bonchev–Trinajstić information content (AvgIpc) is 2.31. The number of rotatable bonds is 8. The highest BCUT2D eigenvalue weighted by Gasteiger charge is 2.34. The van der Waals surface area contributed by atoms with Gasteiger partial charge in [-0.3, -0.25) is 0 Å². The standard InChI is InChI=1S/C15H30OSi/c1-4-12-17(13-5-2,14-6-3)16-15-10-8-7-9-11-15/h10H,4-9,11-14H2,1-3H3. The predicted octanol–water partition coefficient (Wildman–Crippen LogP) is 5.64. The largest absolute Gasteiger partial charge is 0.547 e. The van der Waals surface area contributed by atoms with Crippen LogP contribution in [0.2, 0.25) is 18.1 Å². The van der Waals surface area contributed by atoms with Gasteiger partial charge in [0, 0.05) is 6.42 Å². The fourth-order valence-electron chi connectivity index (χ4n) is 3.07. The fraction of sp³-hybridized carbons (Fsp3) is 0.867. The van der Waals surface area contributed by atoms with Crippen molar-refractivity contribution < 1.29 is 4.43 Å². The van der Waals surface area contributed by atoms with Crippen LogP contribution in [0.1, 0.15) is 65.7 Å². The fourth-order valence-corrected chi connectivity index (χ4v) is 7.61. The zero-order valence-electron chi connectivity index (χ0n) is 12.1. The summed E-state index contributed by atoms with van der Waals surface area (Å²) in [6.07, 6.45) is 11.4. The van der Waals surface area contributed by atoms with Crippen LogP contribution < -0.4 is 0 Å². The van der Waals surface area contributed by atoms with E-state index >= 15 is 0 Å². The van der Waals surface area contributed by atoms with Crippen molar-refractivity contribution in [2.45, 2.75) is 83.8 Å². The minimum atomic E-state index is -1.45. The van der Waals surface area contributed by atoms with Crippen LogP contribution in [0.15, 0.2) is 11.8 Å². The Morgan fingerprint density at radius 2 is 1.59 bits per heavy atom. The third-order valence-corrected chi connectivity index (χ3v) is 8.64. The molecule has 0 amide bonds. The lowest BCUT2D eigenvalue weighted by Gasteiger charge is -2.34. The van der Waals surface area contributed by atoms with E-state index < -0.39 is 8.32 Å². The summed E-state index contributed by atoms with van der Waals surface area (Å²) in [7, 11) is -1.45. The lowest BCUT2D eigenvalue weighted by molar-refractivity contribution is 0.361. The molecule has 1 rings (SSSR count). The minimum Gasteiger partial charge on any atom is -0.547 e. The molecule has 100 valence electrons. The molecule has 0 fully saturated rings. The quantitative estimate of drug-likeness (QED) is 0.510. The highest BCUT2D eigenvalue weighted by atomic mass is 28.4. The van der Waals surface area contributed by atoms with E-state index in [4.69, 9.17) is 4.43 Å². The van der Waals surface area contributed by atoms with Gasteiger partial charge >= 0.3 is 0 Å². The van der Waals surface area contributed by atoms with Crippen LogP contribution in [0.4, 0.5) is 0 Å². The molecule has 17 heavy (non-hydrogen) atoms. The van der Waals surface area contributed by atoms with Crippen molar-refractivity contribution in [2.75, 3.05) is 0 Å². The zero-order valence-corrected chi connectivity index (χ0v) is 13.1. The molecule has 0 spiro atoms. The van der Waals surface area contributed by atoms with Gasteiger partial charge in [-0.2, -0.15) is 0 Å². The van der Waals surface area contributed by atoms with Crippen LogP contribution in [0.25, 0.3) is 0 Å². The van der Waals surface area contributed by atoms with E-state index in [2.05, 4.69) is 26.8 Å². The van der Waals surface area contributed by atoms with Gasteiger partial charge in [0.1, 0.15) is 0 Å². The first kappa shape index (κ1) is 14.8. The molecule has 2 heteroatoms. The molecule has 0 atom stereocenters. The third kappa shape index (κ3) is 4.87. The Balaban J connectivity index is 2.67. The summed E-state index contributed by atoms with van der Waals surface area (Å²) in [6.45, 7) is 6.93. The lowest BCUT2D eigenvalue weighted by atomic mass is 10.1. The smallest absolute Gasteiger partial charge is 0.250 e.